The first-order valence-corrected chi connectivity index (χ1v) is 9.59. The van der Waals surface area contributed by atoms with Crippen LogP contribution in [0, 0.1) is 5.92 Å². The molecule has 0 bridgehead atoms. The fourth-order valence-electron chi connectivity index (χ4n) is 3.73. The molecule has 2 heterocycles. The molecule has 0 aliphatic carbocycles. The molecule has 5 heteroatoms. The first-order chi connectivity index (χ1) is 12.2. The predicted molar refractivity (Wildman–Crippen MR) is 99.4 cm³/mol. The van der Waals surface area contributed by atoms with E-state index < -0.39 is 0 Å². The van der Waals surface area contributed by atoms with E-state index in [0.717, 1.165) is 32.2 Å². The third-order valence-electron chi connectivity index (χ3n) is 5.37. The van der Waals surface area contributed by atoms with Crippen molar-refractivity contribution in [2.45, 2.75) is 38.3 Å². The van der Waals surface area contributed by atoms with E-state index in [4.69, 9.17) is 4.74 Å². The monoisotopic (exact) mass is 345 g/mol. The van der Waals surface area contributed by atoms with E-state index in [1.807, 2.05) is 6.07 Å². The van der Waals surface area contributed by atoms with Crippen LogP contribution in [-0.4, -0.2) is 56.2 Å². The van der Waals surface area contributed by atoms with E-state index >= 15 is 0 Å². The molecule has 0 aromatic heterocycles. The van der Waals surface area contributed by atoms with Crippen LogP contribution in [0.4, 0.5) is 0 Å². The highest BCUT2D eigenvalue weighted by Crippen LogP contribution is 2.26. The fraction of sp³-hybridized carbons (Fsp3) is 0.650. The van der Waals surface area contributed by atoms with Crippen LogP contribution >= 0.6 is 0 Å². The summed E-state index contributed by atoms with van der Waals surface area (Å²) in [6.07, 6.45) is 2.96. The van der Waals surface area contributed by atoms with E-state index in [1.54, 1.807) is 0 Å². The Morgan fingerprint density at radius 3 is 2.76 bits per heavy atom. The molecule has 138 valence electrons. The van der Waals surface area contributed by atoms with Crippen molar-refractivity contribution < 1.29 is 9.53 Å². The molecule has 2 aliphatic heterocycles. The van der Waals surface area contributed by atoms with Gasteiger partial charge < -0.3 is 15.4 Å². The average molecular weight is 345 g/mol. The maximum Gasteiger partial charge on any atom is 0.221 e. The number of rotatable bonds is 6. The molecule has 25 heavy (non-hydrogen) atoms. The molecule has 1 aromatic rings. The van der Waals surface area contributed by atoms with Crippen LogP contribution in [0.2, 0.25) is 0 Å². The molecular weight excluding hydrogens is 314 g/mol. The summed E-state index contributed by atoms with van der Waals surface area (Å²) in [4.78, 5) is 14.9. The second kappa shape index (κ2) is 9.32. The van der Waals surface area contributed by atoms with E-state index in [2.05, 4.69) is 46.7 Å². The number of amides is 1. The largest absolute Gasteiger partial charge is 0.378 e. The van der Waals surface area contributed by atoms with Crippen molar-refractivity contribution in [3.8, 4) is 0 Å². The van der Waals surface area contributed by atoms with Crippen LogP contribution in [0.5, 0.6) is 0 Å². The maximum atomic E-state index is 12.4. The van der Waals surface area contributed by atoms with E-state index in [-0.39, 0.29) is 18.0 Å². The number of ether oxygens (including phenoxy) is 1. The molecule has 2 unspecified atom stereocenters. The molecule has 3 rings (SSSR count). The summed E-state index contributed by atoms with van der Waals surface area (Å²) in [5.41, 5.74) is 1.29. The Balaban J connectivity index is 1.56. The third kappa shape index (κ3) is 5.53. The van der Waals surface area contributed by atoms with Crippen LogP contribution in [0.15, 0.2) is 30.3 Å². The van der Waals surface area contributed by atoms with Crippen molar-refractivity contribution in [3.63, 3.8) is 0 Å². The van der Waals surface area contributed by atoms with Gasteiger partial charge in [-0.1, -0.05) is 37.3 Å². The number of hydrogen-bond donors (Lipinski definition) is 2. The van der Waals surface area contributed by atoms with Gasteiger partial charge in [0.2, 0.25) is 5.91 Å². The highest BCUT2D eigenvalue weighted by molar-refractivity contribution is 5.76. The minimum atomic E-state index is 0.106. The molecule has 2 fully saturated rings. The Bertz CT molecular complexity index is 523. The lowest BCUT2D eigenvalue weighted by molar-refractivity contribution is -0.122. The van der Waals surface area contributed by atoms with Crippen LogP contribution in [0.25, 0.3) is 0 Å². The molecule has 1 amide bonds. The van der Waals surface area contributed by atoms with Gasteiger partial charge in [-0.15, -0.1) is 0 Å². The normalized spacial score (nSPS) is 24.0. The molecule has 0 spiro atoms. The number of benzene rings is 1. The van der Waals surface area contributed by atoms with Crippen LogP contribution < -0.4 is 10.6 Å². The quantitative estimate of drug-likeness (QED) is 0.827. The Labute approximate surface area is 151 Å². The molecule has 0 saturated carbocycles. The van der Waals surface area contributed by atoms with Gasteiger partial charge in [0.05, 0.1) is 19.3 Å². The van der Waals surface area contributed by atoms with E-state index in [9.17, 15) is 4.79 Å². The minimum absolute atomic E-state index is 0.106. The molecular formula is C20H31N3O2. The molecule has 2 atom stereocenters. The lowest BCUT2D eigenvalue weighted by atomic mass is 9.95. The SMILES string of the molecule is CC1CCN(C(CNC(=O)CC2COCCN2)c2ccccc2)CC1. The van der Waals surface area contributed by atoms with Gasteiger partial charge in [-0.2, -0.15) is 0 Å². The van der Waals surface area contributed by atoms with Crippen LogP contribution in [-0.2, 0) is 9.53 Å². The number of nitrogens with zero attached hydrogens (tertiary/aromatic N) is 1. The van der Waals surface area contributed by atoms with Gasteiger partial charge in [0, 0.05) is 25.6 Å². The smallest absolute Gasteiger partial charge is 0.221 e. The molecule has 2 aliphatic rings. The molecule has 0 radical (unpaired) electrons. The summed E-state index contributed by atoms with van der Waals surface area (Å²) >= 11 is 0. The topological polar surface area (TPSA) is 53.6 Å². The minimum Gasteiger partial charge on any atom is -0.378 e. The number of carbonyl (C=O) groups is 1. The zero-order chi connectivity index (χ0) is 17.5. The first kappa shape index (κ1) is 18.4. The second-order valence-electron chi connectivity index (χ2n) is 7.38. The Morgan fingerprint density at radius 2 is 2.08 bits per heavy atom. The van der Waals surface area contributed by atoms with Crippen LogP contribution in [0.1, 0.15) is 37.8 Å². The molecule has 5 nitrogen and oxygen atoms in total. The number of hydrogen-bond acceptors (Lipinski definition) is 4. The lowest BCUT2D eigenvalue weighted by Gasteiger charge is -2.37. The van der Waals surface area contributed by atoms with Gasteiger partial charge in [0.15, 0.2) is 0 Å². The number of carbonyl (C=O) groups excluding carboxylic acids is 1. The standard InChI is InChI=1S/C20H31N3O2/c1-16-7-10-23(11-8-16)19(17-5-3-2-4-6-17)14-22-20(24)13-18-15-25-12-9-21-18/h2-6,16,18-19,21H,7-15H2,1H3,(H,22,24). The summed E-state index contributed by atoms with van der Waals surface area (Å²) in [6.45, 7) is 7.40. The Morgan fingerprint density at radius 1 is 1.32 bits per heavy atom. The van der Waals surface area contributed by atoms with Crippen molar-refractivity contribution in [2.24, 2.45) is 5.92 Å². The Hall–Kier alpha value is -1.43. The highest BCUT2D eigenvalue weighted by Gasteiger charge is 2.25. The average Bonchev–Trinajstić information content (AvgIpc) is 2.65. The zero-order valence-electron chi connectivity index (χ0n) is 15.2. The number of piperidine rings is 1. The maximum absolute atomic E-state index is 12.4. The lowest BCUT2D eigenvalue weighted by Crippen LogP contribution is -2.46. The predicted octanol–water partition coefficient (Wildman–Crippen LogP) is 1.95. The summed E-state index contributed by atoms with van der Waals surface area (Å²) in [7, 11) is 0. The molecule has 2 saturated heterocycles. The number of morpholine rings is 1. The summed E-state index contributed by atoms with van der Waals surface area (Å²) in [5, 5.41) is 6.50. The van der Waals surface area contributed by atoms with E-state index in [1.165, 1.54) is 18.4 Å². The summed E-state index contributed by atoms with van der Waals surface area (Å²) in [5.74, 6) is 0.911. The van der Waals surface area contributed by atoms with Gasteiger partial charge in [0.25, 0.3) is 0 Å². The number of likely N-dealkylation sites (tertiary alicyclic amines) is 1. The van der Waals surface area contributed by atoms with Gasteiger partial charge >= 0.3 is 0 Å². The van der Waals surface area contributed by atoms with Crippen LogP contribution in [0.3, 0.4) is 0 Å². The fourth-order valence-corrected chi connectivity index (χ4v) is 3.73. The zero-order valence-corrected chi connectivity index (χ0v) is 15.2. The summed E-state index contributed by atoms with van der Waals surface area (Å²) in [6, 6.07) is 11.0. The van der Waals surface area contributed by atoms with Crippen molar-refractivity contribution in [3.05, 3.63) is 35.9 Å². The van der Waals surface area contributed by atoms with Gasteiger partial charge in [-0.3, -0.25) is 9.69 Å². The Kier molecular flexibility index (Phi) is 6.84. The number of nitrogens with one attached hydrogen (secondary N) is 2. The van der Waals surface area contributed by atoms with Crippen molar-refractivity contribution >= 4 is 5.91 Å². The summed E-state index contributed by atoms with van der Waals surface area (Å²) < 4.78 is 5.43. The van der Waals surface area contributed by atoms with Crippen molar-refractivity contribution in [1.29, 1.82) is 0 Å². The molecule has 2 N–H and O–H groups in total. The van der Waals surface area contributed by atoms with Crippen molar-refractivity contribution in [1.82, 2.24) is 15.5 Å². The first-order valence-electron chi connectivity index (χ1n) is 9.59. The van der Waals surface area contributed by atoms with Gasteiger partial charge in [-0.25, -0.2) is 0 Å². The van der Waals surface area contributed by atoms with E-state index in [0.29, 0.717) is 19.6 Å². The third-order valence-corrected chi connectivity index (χ3v) is 5.37. The van der Waals surface area contributed by atoms with Crippen molar-refractivity contribution in [2.75, 3.05) is 39.4 Å². The molecule has 1 aromatic carbocycles. The van der Waals surface area contributed by atoms with Gasteiger partial charge in [0.1, 0.15) is 0 Å². The highest BCUT2D eigenvalue weighted by atomic mass is 16.5. The second-order valence-corrected chi connectivity index (χ2v) is 7.38. The van der Waals surface area contributed by atoms with Gasteiger partial charge in [-0.05, 0) is 37.4 Å².